The number of aliphatic hydroxyl groups excluding tert-OH is 4. The SMILES string of the molecule is Cc1ccc(COC(=O)CCCCCCC(C)C)cc1OC1OC(CO)C(O)C(O)C1O. The maximum Gasteiger partial charge on any atom is 0.306 e. The third-order valence-corrected chi connectivity index (χ3v) is 5.66. The number of carbonyl (C=O) groups is 1. The molecule has 8 nitrogen and oxygen atoms in total. The molecule has 8 heteroatoms. The first-order valence-electron chi connectivity index (χ1n) is 11.4. The van der Waals surface area contributed by atoms with Gasteiger partial charge in [-0.05, 0) is 36.5 Å². The standard InChI is InChI=1S/C24H38O8/c1-15(2)8-6-4-5-7-9-20(26)30-14-17-11-10-16(3)18(12-17)31-24-23(29)22(28)21(27)19(13-25)32-24/h10-12,15,19,21-25,27-29H,4-9,13-14H2,1-3H3. The minimum Gasteiger partial charge on any atom is -0.462 e. The first-order valence-corrected chi connectivity index (χ1v) is 11.4. The van der Waals surface area contributed by atoms with E-state index < -0.39 is 37.3 Å². The van der Waals surface area contributed by atoms with Crippen molar-refractivity contribution in [1.29, 1.82) is 0 Å². The van der Waals surface area contributed by atoms with Gasteiger partial charge in [0.1, 0.15) is 36.8 Å². The van der Waals surface area contributed by atoms with Gasteiger partial charge in [-0.3, -0.25) is 4.79 Å². The van der Waals surface area contributed by atoms with Crippen LogP contribution in [-0.2, 0) is 20.9 Å². The largest absolute Gasteiger partial charge is 0.462 e. The molecule has 5 unspecified atom stereocenters. The molecular weight excluding hydrogens is 416 g/mol. The van der Waals surface area contributed by atoms with Crippen LogP contribution < -0.4 is 4.74 Å². The molecule has 1 fully saturated rings. The van der Waals surface area contributed by atoms with E-state index in [-0.39, 0.29) is 12.6 Å². The van der Waals surface area contributed by atoms with Gasteiger partial charge in [0, 0.05) is 6.42 Å². The highest BCUT2D eigenvalue weighted by molar-refractivity contribution is 5.69. The van der Waals surface area contributed by atoms with Crippen LogP contribution in [0.2, 0.25) is 0 Å². The van der Waals surface area contributed by atoms with E-state index in [0.717, 1.165) is 24.8 Å². The summed E-state index contributed by atoms with van der Waals surface area (Å²) in [6.45, 7) is 5.79. The second-order valence-electron chi connectivity index (χ2n) is 8.92. The predicted octanol–water partition coefficient (Wildman–Crippen LogP) is 2.21. The van der Waals surface area contributed by atoms with Crippen molar-refractivity contribution in [3.05, 3.63) is 29.3 Å². The molecule has 5 atom stereocenters. The summed E-state index contributed by atoms with van der Waals surface area (Å²) >= 11 is 0. The van der Waals surface area contributed by atoms with E-state index in [1.165, 1.54) is 12.8 Å². The number of benzene rings is 1. The Balaban J connectivity index is 1.84. The number of rotatable bonds is 12. The van der Waals surface area contributed by atoms with Crippen molar-refractivity contribution in [3.8, 4) is 5.75 Å². The molecule has 0 spiro atoms. The third kappa shape index (κ3) is 8.01. The van der Waals surface area contributed by atoms with Gasteiger partial charge in [0.05, 0.1) is 6.61 Å². The quantitative estimate of drug-likeness (QED) is 0.280. The summed E-state index contributed by atoms with van der Waals surface area (Å²) < 4.78 is 16.5. The number of unbranched alkanes of at least 4 members (excludes halogenated alkanes) is 3. The van der Waals surface area contributed by atoms with Crippen molar-refractivity contribution < 1.29 is 39.4 Å². The molecule has 1 saturated heterocycles. The highest BCUT2D eigenvalue weighted by Gasteiger charge is 2.44. The molecular formula is C24H38O8. The smallest absolute Gasteiger partial charge is 0.306 e. The van der Waals surface area contributed by atoms with Crippen LogP contribution in [0.4, 0.5) is 0 Å². The number of hydrogen-bond donors (Lipinski definition) is 4. The number of esters is 1. The normalized spacial score (nSPS) is 25.7. The van der Waals surface area contributed by atoms with Crippen LogP contribution in [0.15, 0.2) is 18.2 Å². The lowest BCUT2D eigenvalue weighted by Crippen LogP contribution is -2.60. The molecule has 0 aliphatic carbocycles. The number of carbonyl (C=O) groups excluding carboxylic acids is 1. The average Bonchev–Trinajstić information content (AvgIpc) is 2.76. The zero-order chi connectivity index (χ0) is 23.7. The Bertz CT molecular complexity index is 705. The van der Waals surface area contributed by atoms with Gasteiger partial charge < -0.3 is 34.6 Å². The summed E-state index contributed by atoms with van der Waals surface area (Å²) in [7, 11) is 0. The van der Waals surface area contributed by atoms with Crippen molar-refractivity contribution in [2.24, 2.45) is 5.92 Å². The van der Waals surface area contributed by atoms with Crippen LogP contribution in [0, 0.1) is 12.8 Å². The Morgan fingerprint density at radius 1 is 1.06 bits per heavy atom. The summed E-state index contributed by atoms with van der Waals surface area (Å²) in [5.41, 5.74) is 1.46. The molecule has 1 aliphatic heterocycles. The highest BCUT2D eigenvalue weighted by atomic mass is 16.7. The summed E-state index contributed by atoms with van der Waals surface area (Å²) in [6.07, 6.45) is -1.01. The summed E-state index contributed by atoms with van der Waals surface area (Å²) in [4.78, 5) is 12.0. The zero-order valence-electron chi connectivity index (χ0n) is 19.3. The molecule has 0 amide bonds. The third-order valence-electron chi connectivity index (χ3n) is 5.66. The lowest BCUT2D eigenvalue weighted by molar-refractivity contribution is -0.277. The minimum atomic E-state index is -1.51. The Hall–Kier alpha value is -1.71. The van der Waals surface area contributed by atoms with Crippen molar-refractivity contribution >= 4 is 5.97 Å². The molecule has 32 heavy (non-hydrogen) atoms. The highest BCUT2D eigenvalue weighted by Crippen LogP contribution is 2.27. The van der Waals surface area contributed by atoms with E-state index in [1.54, 1.807) is 19.1 Å². The summed E-state index contributed by atoms with van der Waals surface area (Å²) in [5.74, 6) is 0.850. The summed E-state index contributed by atoms with van der Waals surface area (Å²) in [6, 6.07) is 5.28. The lowest BCUT2D eigenvalue weighted by atomic mass is 9.99. The Morgan fingerprint density at radius 3 is 2.47 bits per heavy atom. The van der Waals surface area contributed by atoms with Crippen molar-refractivity contribution in [1.82, 2.24) is 0 Å². The topological polar surface area (TPSA) is 126 Å². The maximum absolute atomic E-state index is 12.0. The predicted molar refractivity (Wildman–Crippen MR) is 118 cm³/mol. The van der Waals surface area contributed by atoms with Crippen LogP contribution in [0.5, 0.6) is 5.75 Å². The van der Waals surface area contributed by atoms with Gasteiger partial charge in [-0.1, -0.05) is 51.7 Å². The molecule has 0 bridgehead atoms. The lowest BCUT2D eigenvalue weighted by Gasteiger charge is -2.39. The zero-order valence-corrected chi connectivity index (χ0v) is 19.3. The first kappa shape index (κ1) is 26.5. The van der Waals surface area contributed by atoms with Gasteiger partial charge in [0.2, 0.25) is 6.29 Å². The molecule has 4 N–H and O–H groups in total. The fraction of sp³-hybridized carbons (Fsp3) is 0.708. The fourth-order valence-corrected chi connectivity index (χ4v) is 3.56. The number of hydrogen-bond acceptors (Lipinski definition) is 8. The molecule has 1 aromatic rings. The number of aliphatic hydroxyl groups is 4. The molecule has 1 heterocycles. The monoisotopic (exact) mass is 454 g/mol. The maximum atomic E-state index is 12.0. The minimum absolute atomic E-state index is 0.0947. The van der Waals surface area contributed by atoms with Crippen molar-refractivity contribution in [2.45, 2.75) is 96.6 Å². The van der Waals surface area contributed by atoms with Crippen LogP contribution in [0.25, 0.3) is 0 Å². The molecule has 0 aromatic heterocycles. The Labute approximate surface area is 190 Å². The van der Waals surface area contributed by atoms with E-state index in [0.29, 0.717) is 23.7 Å². The Kier molecular flexibility index (Phi) is 10.9. The van der Waals surface area contributed by atoms with Crippen LogP contribution in [0.3, 0.4) is 0 Å². The molecule has 1 aliphatic rings. The second-order valence-corrected chi connectivity index (χ2v) is 8.92. The second kappa shape index (κ2) is 13.1. The van der Waals surface area contributed by atoms with Crippen LogP contribution in [0.1, 0.15) is 63.5 Å². The van der Waals surface area contributed by atoms with E-state index in [4.69, 9.17) is 14.2 Å². The molecule has 0 radical (unpaired) electrons. The van der Waals surface area contributed by atoms with Crippen LogP contribution >= 0.6 is 0 Å². The van der Waals surface area contributed by atoms with Gasteiger partial charge in [-0.25, -0.2) is 0 Å². The first-order chi connectivity index (χ1) is 15.2. The molecule has 1 aromatic carbocycles. The Morgan fingerprint density at radius 2 is 1.78 bits per heavy atom. The van der Waals surface area contributed by atoms with E-state index in [1.807, 2.05) is 6.07 Å². The van der Waals surface area contributed by atoms with Gasteiger partial charge in [0.25, 0.3) is 0 Å². The number of ether oxygens (including phenoxy) is 3. The van der Waals surface area contributed by atoms with Crippen molar-refractivity contribution in [3.63, 3.8) is 0 Å². The van der Waals surface area contributed by atoms with Crippen LogP contribution in [-0.4, -0.2) is 63.7 Å². The average molecular weight is 455 g/mol. The summed E-state index contributed by atoms with van der Waals surface area (Å²) in [5, 5.41) is 39.3. The van der Waals surface area contributed by atoms with Gasteiger partial charge in [0.15, 0.2) is 0 Å². The van der Waals surface area contributed by atoms with E-state index in [2.05, 4.69) is 13.8 Å². The van der Waals surface area contributed by atoms with Crippen molar-refractivity contribution in [2.75, 3.05) is 6.61 Å². The van der Waals surface area contributed by atoms with Gasteiger partial charge in [-0.2, -0.15) is 0 Å². The molecule has 182 valence electrons. The van der Waals surface area contributed by atoms with Gasteiger partial charge >= 0.3 is 5.97 Å². The van der Waals surface area contributed by atoms with E-state index in [9.17, 15) is 25.2 Å². The molecule has 0 saturated carbocycles. The molecule has 2 rings (SSSR count). The van der Waals surface area contributed by atoms with E-state index >= 15 is 0 Å². The fourth-order valence-electron chi connectivity index (χ4n) is 3.56. The number of aryl methyl sites for hydroxylation is 1. The van der Waals surface area contributed by atoms with Gasteiger partial charge in [-0.15, -0.1) is 0 Å².